The molecule has 2 aromatic carbocycles. The zero-order chi connectivity index (χ0) is 18.8. The van der Waals surface area contributed by atoms with Crippen LogP contribution >= 0.6 is 22.9 Å². The summed E-state index contributed by atoms with van der Waals surface area (Å²) in [5.41, 5.74) is 2.88. The van der Waals surface area contributed by atoms with Crippen LogP contribution in [0.3, 0.4) is 0 Å². The molecular weight excluding hydrogens is 382 g/mol. The van der Waals surface area contributed by atoms with Crippen molar-refractivity contribution in [3.8, 4) is 0 Å². The Hall–Kier alpha value is -2.96. The fraction of sp³-hybridized carbons (Fsp3) is 0.0500. The first-order valence-electron chi connectivity index (χ1n) is 8.15. The maximum atomic E-state index is 12.1. The number of fused-ring (bicyclic) bond motifs is 1. The highest BCUT2D eigenvalue weighted by molar-refractivity contribution is 7.14. The zero-order valence-corrected chi connectivity index (χ0v) is 15.9. The predicted molar refractivity (Wildman–Crippen MR) is 109 cm³/mol. The number of nitrogens with zero attached hydrogens (tertiary/aromatic N) is 3. The molecule has 0 fully saturated rings. The molecule has 4 aromatic rings. The molecule has 134 valence electrons. The molecule has 0 atom stereocenters. The van der Waals surface area contributed by atoms with Crippen LogP contribution in [0, 0.1) is 0 Å². The van der Waals surface area contributed by atoms with Crippen molar-refractivity contribution in [2.75, 3.05) is 4.90 Å². The lowest BCUT2D eigenvalue weighted by molar-refractivity contribution is -0.115. The van der Waals surface area contributed by atoms with Gasteiger partial charge in [-0.15, -0.1) is 11.3 Å². The molecule has 0 saturated heterocycles. The van der Waals surface area contributed by atoms with Crippen LogP contribution in [-0.2, 0) is 4.79 Å². The van der Waals surface area contributed by atoms with Crippen LogP contribution in [0.5, 0.6) is 0 Å². The van der Waals surface area contributed by atoms with Crippen LogP contribution in [0.25, 0.3) is 23.3 Å². The number of anilines is 2. The van der Waals surface area contributed by atoms with Gasteiger partial charge in [0.1, 0.15) is 5.52 Å². The molecule has 4 rings (SSSR count). The molecule has 0 unspecified atom stereocenters. The molecule has 7 heteroatoms. The Kier molecular flexibility index (Phi) is 4.75. The minimum absolute atomic E-state index is 0.0955. The number of rotatable bonds is 4. The van der Waals surface area contributed by atoms with Crippen molar-refractivity contribution < 1.29 is 9.21 Å². The lowest BCUT2D eigenvalue weighted by atomic mass is 10.3. The highest BCUT2D eigenvalue weighted by atomic mass is 35.5. The molecular formula is C20H14ClN3O2S. The van der Waals surface area contributed by atoms with E-state index in [1.54, 1.807) is 35.3 Å². The van der Waals surface area contributed by atoms with Crippen molar-refractivity contribution in [2.24, 2.45) is 0 Å². The first-order chi connectivity index (χ1) is 13.1. The molecule has 0 N–H and O–H groups in total. The Morgan fingerprint density at radius 2 is 1.96 bits per heavy atom. The second-order valence-electron chi connectivity index (χ2n) is 5.74. The van der Waals surface area contributed by atoms with Gasteiger partial charge in [0.15, 0.2) is 10.7 Å². The van der Waals surface area contributed by atoms with Gasteiger partial charge in [-0.25, -0.2) is 9.97 Å². The number of oxazole rings is 1. The summed E-state index contributed by atoms with van der Waals surface area (Å²) in [5.74, 6) is 0.371. The zero-order valence-electron chi connectivity index (χ0n) is 14.3. The van der Waals surface area contributed by atoms with Gasteiger partial charge in [-0.3, -0.25) is 9.69 Å². The predicted octanol–water partition coefficient (Wildman–Crippen LogP) is 5.79. The minimum atomic E-state index is -0.0955. The Labute approximate surface area is 164 Å². The SMILES string of the molecule is CC(=O)N(c1ccccc1)c1nc(/C=C/c2nc3cc(Cl)ccc3o2)cs1. The Morgan fingerprint density at radius 1 is 1.15 bits per heavy atom. The number of carbonyl (C=O) groups excluding carboxylic acids is 1. The van der Waals surface area contributed by atoms with Gasteiger partial charge in [-0.05, 0) is 36.4 Å². The van der Waals surface area contributed by atoms with E-state index in [4.69, 9.17) is 16.0 Å². The van der Waals surface area contributed by atoms with E-state index in [2.05, 4.69) is 9.97 Å². The number of thiazole rings is 1. The van der Waals surface area contributed by atoms with Crippen molar-refractivity contribution in [3.63, 3.8) is 0 Å². The van der Waals surface area contributed by atoms with Gasteiger partial charge < -0.3 is 4.42 Å². The summed E-state index contributed by atoms with van der Waals surface area (Å²) >= 11 is 7.37. The van der Waals surface area contributed by atoms with Gasteiger partial charge in [0.2, 0.25) is 11.8 Å². The fourth-order valence-electron chi connectivity index (χ4n) is 2.61. The van der Waals surface area contributed by atoms with E-state index in [1.165, 1.54) is 18.3 Å². The maximum Gasteiger partial charge on any atom is 0.230 e. The maximum absolute atomic E-state index is 12.1. The number of carbonyl (C=O) groups is 1. The van der Waals surface area contributed by atoms with Crippen LogP contribution in [0.4, 0.5) is 10.8 Å². The number of amides is 1. The Morgan fingerprint density at radius 3 is 2.74 bits per heavy atom. The monoisotopic (exact) mass is 395 g/mol. The van der Waals surface area contributed by atoms with E-state index < -0.39 is 0 Å². The van der Waals surface area contributed by atoms with Crippen molar-refractivity contribution in [3.05, 3.63) is 70.5 Å². The minimum Gasteiger partial charge on any atom is -0.437 e. The number of benzene rings is 2. The smallest absolute Gasteiger partial charge is 0.230 e. The Bertz CT molecular complexity index is 1130. The topological polar surface area (TPSA) is 59.2 Å². The van der Waals surface area contributed by atoms with Crippen LogP contribution in [-0.4, -0.2) is 15.9 Å². The normalized spacial score (nSPS) is 11.3. The fourth-order valence-corrected chi connectivity index (χ4v) is 3.63. The summed E-state index contributed by atoms with van der Waals surface area (Å²) in [4.78, 5) is 22.6. The van der Waals surface area contributed by atoms with Crippen molar-refractivity contribution >= 4 is 62.9 Å². The number of hydrogen-bond acceptors (Lipinski definition) is 5. The summed E-state index contributed by atoms with van der Waals surface area (Å²) in [5, 5.41) is 3.10. The number of halogens is 1. The van der Waals surface area contributed by atoms with Gasteiger partial charge in [-0.1, -0.05) is 29.8 Å². The summed E-state index contributed by atoms with van der Waals surface area (Å²) in [6.07, 6.45) is 3.54. The van der Waals surface area contributed by atoms with Gasteiger partial charge in [0.05, 0.1) is 11.4 Å². The summed E-state index contributed by atoms with van der Waals surface area (Å²) in [6, 6.07) is 14.7. The highest BCUT2D eigenvalue weighted by Crippen LogP contribution is 2.29. The van der Waals surface area contributed by atoms with Crippen LogP contribution < -0.4 is 4.90 Å². The van der Waals surface area contributed by atoms with E-state index in [1.807, 2.05) is 35.7 Å². The molecule has 2 heterocycles. The molecule has 0 bridgehead atoms. The standard InChI is InChI=1S/C20H14ClN3O2S/c1-13(25)24(16-5-3-2-4-6-16)20-22-15(12-27-20)8-10-19-23-17-11-14(21)7-9-18(17)26-19/h2-12H,1H3/b10-8+. The number of aromatic nitrogens is 2. The third-order valence-corrected chi connectivity index (χ3v) is 4.87. The van der Waals surface area contributed by atoms with E-state index in [0.29, 0.717) is 27.1 Å². The molecule has 5 nitrogen and oxygen atoms in total. The molecule has 2 aromatic heterocycles. The van der Waals surface area contributed by atoms with Crippen LogP contribution in [0.1, 0.15) is 18.5 Å². The molecule has 0 aliphatic heterocycles. The van der Waals surface area contributed by atoms with Crippen molar-refractivity contribution in [2.45, 2.75) is 6.92 Å². The average Bonchev–Trinajstić information content (AvgIpc) is 3.27. The number of hydrogen-bond donors (Lipinski definition) is 0. The molecule has 0 aliphatic rings. The highest BCUT2D eigenvalue weighted by Gasteiger charge is 2.17. The molecule has 1 amide bonds. The van der Waals surface area contributed by atoms with Gasteiger partial charge in [0.25, 0.3) is 0 Å². The van der Waals surface area contributed by atoms with Crippen molar-refractivity contribution in [1.82, 2.24) is 9.97 Å². The van der Waals surface area contributed by atoms with E-state index in [0.717, 1.165) is 11.4 Å². The largest absolute Gasteiger partial charge is 0.437 e. The lowest BCUT2D eigenvalue weighted by Crippen LogP contribution is -2.22. The van der Waals surface area contributed by atoms with E-state index >= 15 is 0 Å². The molecule has 0 radical (unpaired) electrons. The van der Waals surface area contributed by atoms with E-state index in [9.17, 15) is 4.79 Å². The molecule has 0 saturated carbocycles. The first kappa shape index (κ1) is 17.5. The van der Waals surface area contributed by atoms with Crippen LogP contribution in [0.2, 0.25) is 5.02 Å². The van der Waals surface area contributed by atoms with Gasteiger partial charge >= 0.3 is 0 Å². The summed E-state index contributed by atoms with van der Waals surface area (Å²) in [7, 11) is 0. The second kappa shape index (κ2) is 7.34. The lowest BCUT2D eigenvalue weighted by Gasteiger charge is -2.17. The Balaban J connectivity index is 1.59. The third kappa shape index (κ3) is 3.77. The first-order valence-corrected chi connectivity index (χ1v) is 9.41. The van der Waals surface area contributed by atoms with Crippen molar-refractivity contribution in [1.29, 1.82) is 0 Å². The quantitative estimate of drug-likeness (QED) is 0.438. The van der Waals surface area contributed by atoms with E-state index in [-0.39, 0.29) is 5.91 Å². The average molecular weight is 396 g/mol. The molecule has 0 aliphatic carbocycles. The summed E-state index contributed by atoms with van der Waals surface area (Å²) in [6.45, 7) is 1.52. The molecule has 0 spiro atoms. The van der Waals surface area contributed by atoms with Gasteiger partial charge in [0, 0.05) is 23.4 Å². The number of para-hydroxylation sites is 1. The third-order valence-electron chi connectivity index (χ3n) is 3.79. The molecule has 27 heavy (non-hydrogen) atoms. The second-order valence-corrected chi connectivity index (χ2v) is 7.02. The van der Waals surface area contributed by atoms with Crippen LogP contribution in [0.15, 0.2) is 58.3 Å². The van der Waals surface area contributed by atoms with Gasteiger partial charge in [-0.2, -0.15) is 0 Å². The summed E-state index contributed by atoms with van der Waals surface area (Å²) < 4.78 is 5.66.